The van der Waals surface area contributed by atoms with Crippen molar-refractivity contribution in [3.8, 4) is 0 Å². The number of amides is 3. The molecule has 1 aromatic carbocycles. The average Bonchev–Trinajstić information content (AvgIpc) is 2.89. The van der Waals surface area contributed by atoms with Gasteiger partial charge < -0.3 is 20.3 Å². The van der Waals surface area contributed by atoms with E-state index in [-0.39, 0.29) is 18.1 Å². The molecule has 0 saturated carbocycles. The largest absolute Gasteiger partial charge is 0.434 e. The van der Waals surface area contributed by atoms with E-state index < -0.39 is 23.9 Å². The molecule has 9 heteroatoms. The van der Waals surface area contributed by atoms with E-state index >= 15 is 0 Å². The Morgan fingerprint density at radius 3 is 2.68 bits per heavy atom. The maximum absolute atomic E-state index is 14.6. The third-order valence-corrected chi connectivity index (χ3v) is 4.44. The first-order chi connectivity index (χ1) is 11.9. The zero-order chi connectivity index (χ0) is 18.1. The molecule has 0 spiro atoms. The summed E-state index contributed by atoms with van der Waals surface area (Å²) < 4.78 is 19.4. The van der Waals surface area contributed by atoms with Crippen LogP contribution in [0.5, 0.6) is 0 Å². The molecule has 3 amide bonds. The summed E-state index contributed by atoms with van der Waals surface area (Å²) in [5, 5.41) is 0. The lowest BCUT2D eigenvalue weighted by atomic mass is 10.2. The van der Waals surface area contributed by atoms with Crippen LogP contribution in [0.2, 0.25) is 0 Å². The highest BCUT2D eigenvalue weighted by Crippen LogP contribution is 2.28. The van der Waals surface area contributed by atoms with Gasteiger partial charge in [0.2, 0.25) is 5.91 Å². The Kier molecular flexibility index (Phi) is 4.47. The number of likely N-dealkylation sites (N-methyl/N-ethyl adjacent to an activating group) is 1. The van der Waals surface area contributed by atoms with Crippen molar-refractivity contribution in [2.24, 2.45) is 5.73 Å². The molecule has 0 radical (unpaired) electrons. The van der Waals surface area contributed by atoms with Gasteiger partial charge in [-0.15, -0.1) is 0 Å². The standard InChI is InChI=1S/C16H19FN4O4/c1-19-6-7-20(5-4-14(19)22)12-3-2-10(8-11(12)17)21-9-13(15(18)23)25-16(21)24/h2-3,8,13H,4-7,9H2,1H3,(H2,18,23)/t13-/m1/s1. The molecule has 0 aliphatic carbocycles. The summed E-state index contributed by atoms with van der Waals surface area (Å²) >= 11 is 0. The van der Waals surface area contributed by atoms with Gasteiger partial charge in [-0.3, -0.25) is 14.5 Å². The average molecular weight is 350 g/mol. The molecule has 25 heavy (non-hydrogen) atoms. The smallest absolute Gasteiger partial charge is 0.415 e. The van der Waals surface area contributed by atoms with Crippen molar-refractivity contribution in [2.45, 2.75) is 12.5 Å². The summed E-state index contributed by atoms with van der Waals surface area (Å²) in [7, 11) is 1.72. The second-order valence-corrected chi connectivity index (χ2v) is 6.07. The highest BCUT2D eigenvalue weighted by molar-refractivity contribution is 5.95. The molecule has 8 nitrogen and oxygen atoms in total. The number of nitrogens with zero attached hydrogens (tertiary/aromatic N) is 3. The van der Waals surface area contributed by atoms with E-state index in [0.717, 1.165) is 0 Å². The van der Waals surface area contributed by atoms with Crippen LogP contribution in [-0.2, 0) is 14.3 Å². The lowest BCUT2D eigenvalue weighted by molar-refractivity contribution is -0.129. The van der Waals surface area contributed by atoms with E-state index in [1.54, 1.807) is 29.0 Å². The van der Waals surface area contributed by atoms with Crippen LogP contribution in [0.3, 0.4) is 0 Å². The Morgan fingerprint density at radius 1 is 1.28 bits per heavy atom. The van der Waals surface area contributed by atoms with Gasteiger partial charge in [0.05, 0.1) is 17.9 Å². The Morgan fingerprint density at radius 2 is 2.04 bits per heavy atom. The minimum absolute atomic E-state index is 0.0248. The molecule has 2 heterocycles. The second kappa shape index (κ2) is 6.58. The number of hydrogen-bond acceptors (Lipinski definition) is 5. The number of carbonyl (C=O) groups is 3. The van der Waals surface area contributed by atoms with Gasteiger partial charge in [0, 0.05) is 33.1 Å². The fourth-order valence-corrected chi connectivity index (χ4v) is 2.91. The number of carbonyl (C=O) groups excluding carboxylic acids is 3. The Hall–Kier alpha value is -2.84. The van der Waals surface area contributed by atoms with Gasteiger partial charge in [0.15, 0.2) is 6.10 Å². The summed E-state index contributed by atoms with van der Waals surface area (Å²) in [6.07, 6.45) is -1.46. The molecule has 2 aliphatic heterocycles. The number of hydrogen-bond donors (Lipinski definition) is 1. The molecule has 1 aromatic rings. The van der Waals surface area contributed by atoms with E-state index in [2.05, 4.69) is 0 Å². The van der Waals surface area contributed by atoms with Gasteiger partial charge in [-0.05, 0) is 18.2 Å². The number of rotatable bonds is 3. The Bertz CT molecular complexity index is 726. The summed E-state index contributed by atoms with van der Waals surface area (Å²) in [4.78, 5) is 39.3. The molecule has 3 rings (SSSR count). The fraction of sp³-hybridized carbons (Fsp3) is 0.438. The monoisotopic (exact) mass is 350 g/mol. The molecular formula is C16H19FN4O4. The van der Waals surface area contributed by atoms with Gasteiger partial charge in [-0.1, -0.05) is 0 Å². The summed E-state index contributed by atoms with van der Waals surface area (Å²) in [5.74, 6) is -1.23. The van der Waals surface area contributed by atoms with E-state index in [9.17, 15) is 18.8 Å². The van der Waals surface area contributed by atoms with Gasteiger partial charge in [0.25, 0.3) is 5.91 Å². The Labute approximate surface area is 143 Å². The maximum atomic E-state index is 14.6. The van der Waals surface area contributed by atoms with Crippen LogP contribution in [0.25, 0.3) is 0 Å². The number of halogens is 1. The Balaban J connectivity index is 1.78. The molecule has 134 valence electrons. The predicted octanol–water partition coefficient (Wildman–Crippen LogP) is 0.305. The van der Waals surface area contributed by atoms with E-state index in [1.807, 2.05) is 0 Å². The third kappa shape index (κ3) is 3.35. The third-order valence-electron chi connectivity index (χ3n) is 4.44. The molecule has 2 N–H and O–H groups in total. The van der Waals surface area contributed by atoms with E-state index in [1.165, 1.54) is 11.0 Å². The minimum Gasteiger partial charge on any atom is -0.434 e. The molecule has 1 atom stereocenters. The first-order valence-corrected chi connectivity index (χ1v) is 7.92. The number of benzene rings is 1. The molecular weight excluding hydrogens is 331 g/mol. The summed E-state index contributed by atoms with van der Waals surface area (Å²) in [6, 6.07) is 4.36. The van der Waals surface area contributed by atoms with E-state index in [0.29, 0.717) is 31.7 Å². The van der Waals surface area contributed by atoms with Crippen molar-refractivity contribution in [2.75, 3.05) is 43.0 Å². The first kappa shape index (κ1) is 17.0. The van der Waals surface area contributed by atoms with Crippen LogP contribution in [0.1, 0.15) is 6.42 Å². The van der Waals surface area contributed by atoms with Crippen LogP contribution in [0.4, 0.5) is 20.6 Å². The molecule has 0 bridgehead atoms. The van der Waals surface area contributed by atoms with Crippen LogP contribution in [0, 0.1) is 5.82 Å². The van der Waals surface area contributed by atoms with Crippen molar-refractivity contribution in [1.82, 2.24) is 4.90 Å². The lowest BCUT2D eigenvalue weighted by Gasteiger charge is -2.24. The minimum atomic E-state index is -1.04. The van der Waals surface area contributed by atoms with Crippen LogP contribution in [-0.4, -0.2) is 62.1 Å². The van der Waals surface area contributed by atoms with Gasteiger partial charge >= 0.3 is 6.09 Å². The van der Waals surface area contributed by atoms with Gasteiger partial charge in [0.1, 0.15) is 5.82 Å². The quantitative estimate of drug-likeness (QED) is 0.846. The zero-order valence-corrected chi connectivity index (χ0v) is 13.8. The van der Waals surface area contributed by atoms with Crippen molar-refractivity contribution < 1.29 is 23.5 Å². The zero-order valence-electron chi connectivity index (χ0n) is 13.8. The highest BCUT2D eigenvalue weighted by atomic mass is 19.1. The van der Waals surface area contributed by atoms with Crippen LogP contribution in [0.15, 0.2) is 18.2 Å². The van der Waals surface area contributed by atoms with Crippen LogP contribution >= 0.6 is 0 Å². The number of ether oxygens (including phenoxy) is 1. The van der Waals surface area contributed by atoms with Crippen molar-refractivity contribution in [1.29, 1.82) is 0 Å². The number of nitrogens with two attached hydrogens (primary N) is 1. The SMILES string of the molecule is CN1CCN(c2ccc(N3C[C@H](C(N)=O)OC3=O)cc2F)CCC1=O. The van der Waals surface area contributed by atoms with Gasteiger partial charge in [-0.25, -0.2) is 9.18 Å². The van der Waals surface area contributed by atoms with Crippen molar-refractivity contribution in [3.63, 3.8) is 0 Å². The molecule has 0 aromatic heterocycles. The normalized spacial score (nSPS) is 21.4. The van der Waals surface area contributed by atoms with E-state index in [4.69, 9.17) is 10.5 Å². The molecule has 2 saturated heterocycles. The number of anilines is 2. The number of primary amides is 1. The predicted molar refractivity (Wildman–Crippen MR) is 87.7 cm³/mol. The van der Waals surface area contributed by atoms with Gasteiger partial charge in [-0.2, -0.15) is 0 Å². The van der Waals surface area contributed by atoms with Crippen LogP contribution < -0.4 is 15.5 Å². The number of cyclic esters (lactones) is 1. The summed E-state index contributed by atoms with van der Waals surface area (Å²) in [5.41, 5.74) is 5.79. The second-order valence-electron chi connectivity index (χ2n) is 6.07. The lowest BCUT2D eigenvalue weighted by Crippen LogP contribution is -2.32. The van der Waals surface area contributed by atoms with Crippen molar-refractivity contribution in [3.05, 3.63) is 24.0 Å². The van der Waals surface area contributed by atoms with Crippen molar-refractivity contribution >= 4 is 29.3 Å². The highest BCUT2D eigenvalue weighted by Gasteiger charge is 2.36. The molecule has 2 aliphatic rings. The molecule has 2 fully saturated rings. The first-order valence-electron chi connectivity index (χ1n) is 7.92. The fourth-order valence-electron chi connectivity index (χ4n) is 2.91. The summed E-state index contributed by atoms with van der Waals surface area (Å²) in [6.45, 7) is 1.41. The molecule has 0 unspecified atom stereocenters. The topological polar surface area (TPSA) is 96.2 Å². The maximum Gasteiger partial charge on any atom is 0.415 e.